The standard InChI is InChI=1S/C19H19F4N7O/c1-18(2,3)30-9-10(7-26-30)27-17-25-8-11(15(24)31)16(29-17)28-14-12(19(21,22)23)5-4-6-13(14)20/h4-9H,1-3H3,(H2,24,31)(H2,25,27,28,29). The Hall–Kier alpha value is -3.70. The molecule has 0 bridgehead atoms. The van der Waals surface area contributed by atoms with E-state index in [0.717, 1.165) is 18.3 Å². The Morgan fingerprint density at radius 2 is 1.84 bits per heavy atom. The highest BCUT2D eigenvalue weighted by atomic mass is 19.4. The highest BCUT2D eigenvalue weighted by molar-refractivity contribution is 5.98. The third-order valence-electron chi connectivity index (χ3n) is 4.14. The highest BCUT2D eigenvalue weighted by Crippen LogP contribution is 2.37. The monoisotopic (exact) mass is 437 g/mol. The first kappa shape index (κ1) is 22.0. The number of anilines is 4. The topological polar surface area (TPSA) is 111 Å². The lowest BCUT2D eigenvalue weighted by Gasteiger charge is -2.18. The molecule has 2 heterocycles. The minimum Gasteiger partial charge on any atom is -0.365 e. The molecule has 3 rings (SSSR count). The molecular formula is C19H19F4N7O. The van der Waals surface area contributed by atoms with Crippen molar-refractivity contribution in [3.8, 4) is 0 Å². The number of nitrogens with zero attached hydrogens (tertiary/aromatic N) is 4. The lowest BCUT2D eigenvalue weighted by molar-refractivity contribution is -0.137. The zero-order valence-electron chi connectivity index (χ0n) is 16.8. The van der Waals surface area contributed by atoms with Crippen LogP contribution in [0.1, 0.15) is 36.7 Å². The summed E-state index contributed by atoms with van der Waals surface area (Å²) in [5.74, 6) is -2.63. The number of primary amides is 1. The van der Waals surface area contributed by atoms with Crippen LogP contribution >= 0.6 is 0 Å². The van der Waals surface area contributed by atoms with Crippen LogP contribution in [-0.4, -0.2) is 25.7 Å². The molecule has 0 aliphatic heterocycles. The Kier molecular flexibility index (Phi) is 5.57. The first-order valence-electron chi connectivity index (χ1n) is 8.98. The first-order chi connectivity index (χ1) is 14.4. The Morgan fingerprint density at radius 1 is 1.13 bits per heavy atom. The van der Waals surface area contributed by atoms with E-state index in [1.165, 1.54) is 6.20 Å². The summed E-state index contributed by atoms with van der Waals surface area (Å²) in [5, 5.41) is 9.28. The Labute approximate surface area is 174 Å². The maximum Gasteiger partial charge on any atom is 0.418 e. The van der Waals surface area contributed by atoms with Crippen LogP contribution in [0.5, 0.6) is 0 Å². The van der Waals surface area contributed by atoms with E-state index in [4.69, 9.17) is 5.73 Å². The number of hydrogen-bond donors (Lipinski definition) is 3. The summed E-state index contributed by atoms with van der Waals surface area (Å²) in [6.45, 7) is 5.82. The van der Waals surface area contributed by atoms with E-state index in [2.05, 4.69) is 25.7 Å². The van der Waals surface area contributed by atoms with Crippen molar-refractivity contribution in [1.29, 1.82) is 0 Å². The summed E-state index contributed by atoms with van der Waals surface area (Å²) in [4.78, 5) is 19.7. The third-order valence-corrected chi connectivity index (χ3v) is 4.14. The third kappa shape index (κ3) is 4.90. The molecule has 0 fully saturated rings. The van der Waals surface area contributed by atoms with Gasteiger partial charge in [0.05, 0.1) is 28.7 Å². The number of nitrogens with two attached hydrogens (primary N) is 1. The van der Waals surface area contributed by atoms with Gasteiger partial charge in [-0.05, 0) is 32.9 Å². The van der Waals surface area contributed by atoms with Crippen molar-refractivity contribution in [3.05, 3.63) is 53.7 Å². The summed E-state index contributed by atoms with van der Waals surface area (Å²) >= 11 is 0. The lowest BCUT2D eigenvalue weighted by atomic mass is 10.1. The number of carbonyl (C=O) groups is 1. The SMILES string of the molecule is CC(C)(C)n1cc(Nc2ncc(C(N)=O)c(Nc3c(F)cccc3C(F)(F)F)n2)cn1. The molecule has 1 aromatic carbocycles. The van der Waals surface area contributed by atoms with Gasteiger partial charge in [0.25, 0.3) is 5.91 Å². The molecule has 0 unspecified atom stereocenters. The number of rotatable bonds is 5. The summed E-state index contributed by atoms with van der Waals surface area (Å²) in [6, 6.07) is 2.48. The van der Waals surface area contributed by atoms with E-state index >= 15 is 0 Å². The molecule has 0 saturated carbocycles. The largest absolute Gasteiger partial charge is 0.418 e. The minimum absolute atomic E-state index is 0.0640. The fourth-order valence-corrected chi connectivity index (χ4v) is 2.61. The summed E-state index contributed by atoms with van der Waals surface area (Å²) in [6.07, 6.45) is -0.630. The normalized spacial score (nSPS) is 12.0. The fraction of sp³-hybridized carbons (Fsp3) is 0.263. The molecule has 4 N–H and O–H groups in total. The van der Waals surface area contributed by atoms with Gasteiger partial charge in [0, 0.05) is 12.4 Å². The number of para-hydroxylation sites is 1. The van der Waals surface area contributed by atoms with Crippen LogP contribution in [0.25, 0.3) is 0 Å². The molecule has 3 aromatic rings. The van der Waals surface area contributed by atoms with Crippen LogP contribution in [0.15, 0.2) is 36.8 Å². The van der Waals surface area contributed by atoms with Crippen LogP contribution in [0.2, 0.25) is 0 Å². The lowest BCUT2D eigenvalue weighted by Crippen LogP contribution is -2.21. The number of aromatic nitrogens is 4. The van der Waals surface area contributed by atoms with Gasteiger partial charge in [0.15, 0.2) is 0 Å². The van der Waals surface area contributed by atoms with E-state index in [1.807, 2.05) is 20.8 Å². The molecule has 164 valence electrons. The zero-order valence-corrected chi connectivity index (χ0v) is 16.8. The Balaban J connectivity index is 1.99. The number of hydrogen-bond acceptors (Lipinski definition) is 6. The van der Waals surface area contributed by atoms with Gasteiger partial charge < -0.3 is 16.4 Å². The molecule has 0 aliphatic rings. The minimum atomic E-state index is -4.84. The molecule has 31 heavy (non-hydrogen) atoms. The van der Waals surface area contributed by atoms with Crippen molar-refractivity contribution in [2.24, 2.45) is 5.73 Å². The maximum absolute atomic E-state index is 14.2. The van der Waals surface area contributed by atoms with Gasteiger partial charge in [0.2, 0.25) is 5.95 Å². The molecule has 0 spiro atoms. The Bertz CT molecular complexity index is 1120. The fourth-order valence-electron chi connectivity index (χ4n) is 2.61. The predicted molar refractivity (Wildman–Crippen MR) is 106 cm³/mol. The second kappa shape index (κ2) is 7.85. The van der Waals surface area contributed by atoms with Crippen LogP contribution < -0.4 is 16.4 Å². The molecule has 1 amide bonds. The van der Waals surface area contributed by atoms with Crippen LogP contribution in [0, 0.1) is 5.82 Å². The van der Waals surface area contributed by atoms with Crippen molar-refractivity contribution in [2.75, 3.05) is 10.6 Å². The van der Waals surface area contributed by atoms with Gasteiger partial charge in [-0.15, -0.1) is 0 Å². The van der Waals surface area contributed by atoms with Crippen molar-refractivity contribution >= 4 is 29.0 Å². The number of halogens is 4. The van der Waals surface area contributed by atoms with Gasteiger partial charge in [-0.3, -0.25) is 9.48 Å². The number of amides is 1. The molecule has 0 saturated heterocycles. The van der Waals surface area contributed by atoms with E-state index in [0.29, 0.717) is 11.8 Å². The van der Waals surface area contributed by atoms with Crippen molar-refractivity contribution < 1.29 is 22.4 Å². The quantitative estimate of drug-likeness (QED) is 0.517. The van der Waals surface area contributed by atoms with E-state index in [-0.39, 0.29) is 22.9 Å². The van der Waals surface area contributed by atoms with Crippen LogP contribution in [0.3, 0.4) is 0 Å². The predicted octanol–water partition coefficient (Wildman–Crippen LogP) is 4.17. The van der Waals surface area contributed by atoms with Gasteiger partial charge in [-0.1, -0.05) is 6.07 Å². The van der Waals surface area contributed by atoms with Crippen LogP contribution in [0.4, 0.5) is 40.7 Å². The molecule has 0 radical (unpaired) electrons. The summed E-state index contributed by atoms with van der Waals surface area (Å²) in [5.41, 5.74) is 3.02. The number of carbonyl (C=O) groups excluding carboxylic acids is 1. The number of nitrogens with one attached hydrogen (secondary N) is 2. The maximum atomic E-state index is 14.2. The molecule has 2 aromatic heterocycles. The second-order valence-electron chi connectivity index (χ2n) is 7.57. The molecular weight excluding hydrogens is 418 g/mol. The van der Waals surface area contributed by atoms with Gasteiger partial charge in [-0.2, -0.15) is 23.3 Å². The van der Waals surface area contributed by atoms with Gasteiger partial charge >= 0.3 is 6.18 Å². The average molecular weight is 437 g/mol. The van der Waals surface area contributed by atoms with Gasteiger partial charge in [0.1, 0.15) is 17.2 Å². The van der Waals surface area contributed by atoms with Gasteiger partial charge in [-0.25, -0.2) is 9.37 Å². The van der Waals surface area contributed by atoms with Crippen molar-refractivity contribution in [2.45, 2.75) is 32.5 Å². The summed E-state index contributed by atoms with van der Waals surface area (Å²) < 4.78 is 55.8. The van der Waals surface area contributed by atoms with Crippen molar-refractivity contribution in [3.63, 3.8) is 0 Å². The smallest absolute Gasteiger partial charge is 0.365 e. The van der Waals surface area contributed by atoms with E-state index in [1.54, 1.807) is 10.9 Å². The second-order valence-corrected chi connectivity index (χ2v) is 7.57. The number of benzene rings is 1. The highest BCUT2D eigenvalue weighted by Gasteiger charge is 2.35. The molecule has 0 aliphatic carbocycles. The van der Waals surface area contributed by atoms with E-state index in [9.17, 15) is 22.4 Å². The van der Waals surface area contributed by atoms with Crippen molar-refractivity contribution in [1.82, 2.24) is 19.7 Å². The average Bonchev–Trinajstić information content (AvgIpc) is 3.11. The molecule has 8 nitrogen and oxygen atoms in total. The Morgan fingerprint density at radius 3 is 2.42 bits per heavy atom. The number of alkyl halides is 3. The zero-order chi connectivity index (χ0) is 23.0. The molecule has 12 heteroatoms. The first-order valence-corrected chi connectivity index (χ1v) is 8.98. The van der Waals surface area contributed by atoms with Crippen LogP contribution in [-0.2, 0) is 11.7 Å². The van der Waals surface area contributed by atoms with E-state index < -0.39 is 29.2 Å². The molecule has 0 atom stereocenters. The summed E-state index contributed by atoms with van der Waals surface area (Å²) in [7, 11) is 0.